The molecule has 78 valence electrons. The number of phenols is 1. The number of benzene rings is 1. The van der Waals surface area contributed by atoms with Crippen LogP contribution >= 0.6 is 15.9 Å². The number of rotatable bonds is 3. The van der Waals surface area contributed by atoms with Gasteiger partial charge in [-0.15, -0.1) is 0 Å². The lowest BCUT2D eigenvalue weighted by atomic mass is 10.0. The summed E-state index contributed by atoms with van der Waals surface area (Å²) in [7, 11) is 1.58. The second-order valence-corrected chi connectivity index (χ2v) is 3.92. The maximum Gasteiger partial charge on any atom is 0.134 e. The van der Waals surface area contributed by atoms with Gasteiger partial charge in [-0.3, -0.25) is 0 Å². The fourth-order valence-electron chi connectivity index (χ4n) is 1.21. The molecule has 0 fully saturated rings. The maximum atomic E-state index is 9.74. The van der Waals surface area contributed by atoms with Gasteiger partial charge in [0.05, 0.1) is 11.6 Å². The molecule has 0 bridgehead atoms. The Bertz CT molecular complexity index is 328. The Kier molecular flexibility index (Phi) is 3.77. The van der Waals surface area contributed by atoms with Crippen LogP contribution in [0.2, 0.25) is 0 Å². The normalized spacial score (nSPS) is 12.6. The van der Waals surface area contributed by atoms with Crippen LogP contribution in [0, 0.1) is 0 Å². The van der Waals surface area contributed by atoms with Gasteiger partial charge in [0, 0.05) is 11.6 Å². The van der Waals surface area contributed by atoms with E-state index in [1.165, 1.54) is 0 Å². The van der Waals surface area contributed by atoms with Crippen molar-refractivity contribution in [3.8, 4) is 11.5 Å². The monoisotopic (exact) mass is 259 g/mol. The van der Waals surface area contributed by atoms with E-state index in [0.717, 1.165) is 6.42 Å². The van der Waals surface area contributed by atoms with Crippen LogP contribution in [0.25, 0.3) is 0 Å². The highest BCUT2D eigenvalue weighted by atomic mass is 79.9. The molecule has 14 heavy (non-hydrogen) atoms. The molecule has 0 aromatic heterocycles. The Hall–Kier alpha value is -0.740. The number of halogens is 1. The van der Waals surface area contributed by atoms with Gasteiger partial charge >= 0.3 is 0 Å². The molecule has 0 heterocycles. The first-order chi connectivity index (χ1) is 6.60. The van der Waals surface area contributed by atoms with Crippen LogP contribution in [-0.2, 0) is 0 Å². The highest BCUT2D eigenvalue weighted by Gasteiger charge is 2.13. The van der Waals surface area contributed by atoms with Crippen molar-refractivity contribution < 1.29 is 9.84 Å². The third kappa shape index (κ3) is 2.19. The van der Waals surface area contributed by atoms with Gasteiger partial charge in [0.2, 0.25) is 0 Å². The van der Waals surface area contributed by atoms with Crippen molar-refractivity contribution in [1.82, 2.24) is 0 Å². The predicted molar refractivity (Wildman–Crippen MR) is 59.6 cm³/mol. The topological polar surface area (TPSA) is 55.5 Å². The standard InChI is InChI=1S/C10H14BrNO2/c1-3-9(12)7-4-6(14-2)5-8(11)10(7)13/h4-5,9,13H,3,12H2,1-2H3/t9-/m0/s1. The molecule has 3 nitrogen and oxygen atoms in total. The summed E-state index contributed by atoms with van der Waals surface area (Å²) in [6.07, 6.45) is 0.771. The molecule has 1 aromatic rings. The molecule has 0 spiro atoms. The van der Waals surface area contributed by atoms with E-state index in [9.17, 15) is 5.11 Å². The van der Waals surface area contributed by atoms with E-state index in [1.807, 2.05) is 6.92 Å². The minimum Gasteiger partial charge on any atom is -0.506 e. The number of hydrogen-bond acceptors (Lipinski definition) is 3. The summed E-state index contributed by atoms with van der Waals surface area (Å²) in [6, 6.07) is 3.30. The minimum absolute atomic E-state index is 0.165. The highest BCUT2D eigenvalue weighted by molar-refractivity contribution is 9.10. The summed E-state index contributed by atoms with van der Waals surface area (Å²) < 4.78 is 5.70. The molecule has 0 amide bonds. The zero-order chi connectivity index (χ0) is 10.7. The molecular weight excluding hydrogens is 246 g/mol. The Labute approximate surface area is 92.0 Å². The van der Waals surface area contributed by atoms with Crippen LogP contribution in [-0.4, -0.2) is 12.2 Å². The molecule has 0 radical (unpaired) electrons. The number of phenolic OH excluding ortho intramolecular Hbond substituents is 1. The van der Waals surface area contributed by atoms with Gasteiger partial charge in [0.15, 0.2) is 0 Å². The average molecular weight is 260 g/mol. The van der Waals surface area contributed by atoms with Crippen LogP contribution < -0.4 is 10.5 Å². The lowest BCUT2D eigenvalue weighted by molar-refractivity contribution is 0.408. The summed E-state index contributed by atoms with van der Waals surface area (Å²) in [5.74, 6) is 0.883. The van der Waals surface area contributed by atoms with Gasteiger partial charge in [0.25, 0.3) is 0 Å². The molecule has 0 saturated carbocycles. The number of methoxy groups -OCH3 is 1. The van der Waals surface area contributed by atoms with Crippen molar-refractivity contribution in [2.45, 2.75) is 19.4 Å². The van der Waals surface area contributed by atoms with Crippen molar-refractivity contribution in [1.29, 1.82) is 0 Å². The smallest absolute Gasteiger partial charge is 0.134 e. The van der Waals surface area contributed by atoms with Gasteiger partial charge in [0.1, 0.15) is 11.5 Å². The van der Waals surface area contributed by atoms with E-state index >= 15 is 0 Å². The first-order valence-electron chi connectivity index (χ1n) is 4.42. The van der Waals surface area contributed by atoms with Crippen LogP contribution in [0.3, 0.4) is 0 Å². The van der Waals surface area contributed by atoms with Crippen molar-refractivity contribution in [2.75, 3.05) is 7.11 Å². The van der Waals surface area contributed by atoms with Gasteiger partial charge in [-0.25, -0.2) is 0 Å². The number of hydrogen-bond donors (Lipinski definition) is 2. The summed E-state index contributed by atoms with van der Waals surface area (Å²) in [5.41, 5.74) is 6.56. The fourth-order valence-corrected chi connectivity index (χ4v) is 1.67. The molecular formula is C10H14BrNO2. The van der Waals surface area contributed by atoms with Crippen LogP contribution in [0.5, 0.6) is 11.5 Å². The quantitative estimate of drug-likeness (QED) is 0.878. The van der Waals surface area contributed by atoms with Crippen LogP contribution in [0.4, 0.5) is 0 Å². The Balaban J connectivity index is 3.20. The van der Waals surface area contributed by atoms with E-state index in [4.69, 9.17) is 10.5 Å². The zero-order valence-electron chi connectivity index (χ0n) is 8.25. The first-order valence-corrected chi connectivity index (χ1v) is 5.21. The lowest BCUT2D eigenvalue weighted by Crippen LogP contribution is -2.09. The van der Waals surface area contributed by atoms with Crippen molar-refractivity contribution in [2.24, 2.45) is 5.73 Å². The molecule has 3 N–H and O–H groups in total. The Morgan fingerprint density at radius 2 is 2.21 bits per heavy atom. The molecule has 0 aliphatic carbocycles. The van der Waals surface area contributed by atoms with Crippen LogP contribution in [0.15, 0.2) is 16.6 Å². The molecule has 0 aliphatic heterocycles. The van der Waals surface area contributed by atoms with E-state index < -0.39 is 0 Å². The van der Waals surface area contributed by atoms with Gasteiger partial charge in [-0.1, -0.05) is 6.92 Å². The van der Waals surface area contributed by atoms with Gasteiger partial charge in [-0.05, 0) is 34.5 Å². The SMILES string of the molecule is CC[C@H](N)c1cc(OC)cc(Br)c1O. The number of ether oxygens (including phenoxy) is 1. The van der Waals surface area contributed by atoms with E-state index in [2.05, 4.69) is 15.9 Å². The fraction of sp³-hybridized carbons (Fsp3) is 0.400. The van der Waals surface area contributed by atoms with Crippen molar-refractivity contribution in [3.63, 3.8) is 0 Å². The van der Waals surface area contributed by atoms with Gasteiger partial charge in [-0.2, -0.15) is 0 Å². The third-order valence-corrected chi connectivity index (χ3v) is 2.75. The van der Waals surface area contributed by atoms with E-state index in [1.54, 1.807) is 19.2 Å². The van der Waals surface area contributed by atoms with Gasteiger partial charge < -0.3 is 15.6 Å². The Morgan fingerprint density at radius 3 is 2.71 bits per heavy atom. The zero-order valence-corrected chi connectivity index (χ0v) is 9.84. The van der Waals surface area contributed by atoms with Crippen LogP contribution in [0.1, 0.15) is 24.9 Å². The van der Waals surface area contributed by atoms with Crippen molar-refractivity contribution in [3.05, 3.63) is 22.2 Å². The molecule has 1 rings (SSSR count). The predicted octanol–water partition coefficient (Wildman–Crippen LogP) is 2.57. The molecule has 1 atom stereocenters. The van der Waals surface area contributed by atoms with E-state index in [0.29, 0.717) is 15.8 Å². The number of aromatic hydroxyl groups is 1. The lowest BCUT2D eigenvalue weighted by Gasteiger charge is -2.14. The van der Waals surface area contributed by atoms with Crippen molar-refractivity contribution >= 4 is 15.9 Å². The maximum absolute atomic E-state index is 9.74. The average Bonchev–Trinajstić information content (AvgIpc) is 2.20. The summed E-state index contributed by atoms with van der Waals surface area (Å²) >= 11 is 3.25. The molecule has 0 unspecified atom stereocenters. The summed E-state index contributed by atoms with van der Waals surface area (Å²) in [6.45, 7) is 1.97. The Morgan fingerprint density at radius 1 is 1.57 bits per heavy atom. The largest absolute Gasteiger partial charge is 0.506 e. The summed E-state index contributed by atoms with van der Waals surface area (Å²) in [5, 5.41) is 9.74. The minimum atomic E-state index is -0.165. The third-order valence-electron chi connectivity index (χ3n) is 2.14. The second kappa shape index (κ2) is 4.66. The molecule has 1 aromatic carbocycles. The number of nitrogens with two attached hydrogens (primary N) is 1. The highest BCUT2D eigenvalue weighted by Crippen LogP contribution is 2.36. The first kappa shape index (κ1) is 11.3. The summed E-state index contributed by atoms with van der Waals surface area (Å²) in [4.78, 5) is 0. The second-order valence-electron chi connectivity index (χ2n) is 3.06. The molecule has 4 heteroatoms. The molecule has 0 saturated heterocycles. The van der Waals surface area contributed by atoms with E-state index in [-0.39, 0.29) is 11.8 Å². The molecule has 0 aliphatic rings.